The number of carbonyl (C=O) groups excluding carboxylic acids is 1. The van der Waals surface area contributed by atoms with Crippen LogP contribution in [0.15, 0.2) is 35.1 Å². The zero-order valence-corrected chi connectivity index (χ0v) is 9.24. The molecule has 1 aromatic heterocycles. The fourth-order valence-electron chi connectivity index (χ4n) is 1.42. The third-order valence-electron chi connectivity index (χ3n) is 2.36. The number of aryl methyl sites for hydroxylation is 1. The van der Waals surface area contributed by atoms with Gasteiger partial charge in [0.25, 0.3) is 5.91 Å². The first-order chi connectivity index (χ1) is 8.18. The van der Waals surface area contributed by atoms with Crippen LogP contribution in [0.4, 0.5) is 4.39 Å². The van der Waals surface area contributed by atoms with E-state index in [4.69, 9.17) is 0 Å². The highest BCUT2D eigenvalue weighted by molar-refractivity contribution is 5.94. The Morgan fingerprint density at radius 2 is 2.29 bits per heavy atom. The van der Waals surface area contributed by atoms with E-state index in [1.165, 1.54) is 12.3 Å². The summed E-state index contributed by atoms with van der Waals surface area (Å²) in [5.74, 6) is -0.959. The topological polar surface area (TPSA) is 55.1 Å². The summed E-state index contributed by atoms with van der Waals surface area (Å²) in [5.41, 5.74) is 1.07. The van der Waals surface area contributed by atoms with Crippen molar-refractivity contribution in [3.05, 3.63) is 53.2 Å². The monoisotopic (exact) mass is 234 g/mol. The zero-order valence-electron chi connectivity index (χ0n) is 9.24. The van der Waals surface area contributed by atoms with Gasteiger partial charge < -0.3 is 9.84 Å². The molecule has 0 radical (unpaired) electrons. The predicted molar refractivity (Wildman–Crippen MR) is 58.8 cm³/mol. The Kier molecular flexibility index (Phi) is 3.18. The smallest absolute Gasteiger partial charge is 0.254 e. The average Bonchev–Trinajstić information content (AvgIpc) is 2.82. The molecule has 2 aromatic rings. The maximum absolute atomic E-state index is 13.6. The average molecular weight is 234 g/mol. The Labute approximate surface area is 97.4 Å². The summed E-state index contributed by atoms with van der Waals surface area (Å²) in [7, 11) is 0. The molecule has 1 aromatic carbocycles. The van der Waals surface area contributed by atoms with Crippen molar-refractivity contribution in [1.29, 1.82) is 0 Å². The van der Waals surface area contributed by atoms with Crippen molar-refractivity contribution in [2.75, 3.05) is 0 Å². The standard InChI is InChI=1S/C12H11FN2O2/c1-8-3-2-4-10(11(8)13)12(16)14-7-9-5-6-17-15-9/h2-6H,7H2,1H3,(H,14,16). The van der Waals surface area contributed by atoms with Gasteiger partial charge in [0.2, 0.25) is 0 Å². The van der Waals surface area contributed by atoms with Crippen molar-refractivity contribution >= 4 is 5.91 Å². The summed E-state index contributed by atoms with van der Waals surface area (Å²) >= 11 is 0. The minimum atomic E-state index is -0.495. The molecule has 0 aliphatic carbocycles. The van der Waals surface area contributed by atoms with Crippen LogP contribution in [0.3, 0.4) is 0 Å². The van der Waals surface area contributed by atoms with E-state index < -0.39 is 11.7 Å². The molecule has 0 bridgehead atoms. The van der Waals surface area contributed by atoms with Gasteiger partial charge in [-0.25, -0.2) is 4.39 Å². The molecule has 17 heavy (non-hydrogen) atoms. The molecule has 0 saturated heterocycles. The summed E-state index contributed by atoms with van der Waals surface area (Å²) in [6.07, 6.45) is 1.41. The quantitative estimate of drug-likeness (QED) is 0.884. The number of benzene rings is 1. The minimum absolute atomic E-state index is 0.0356. The Bertz CT molecular complexity index is 523. The molecular formula is C12H11FN2O2. The van der Waals surface area contributed by atoms with Gasteiger partial charge in [0.05, 0.1) is 12.1 Å². The van der Waals surface area contributed by atoms with E-state index in [1.54, 1.807) is 25.1 Å². The van der Waals surface area contributed by atoms with E-state index in [1.807, 2.05) is 0 Å². The molecule has 0 atom stereocenters. The summed E-state index contributed by atoms with van der Waals surface area (Å²) in [6.45, 7) is 1.83. The largest absolute Gasteiger partial charge is 0.364 e. The number of amides is 1. The number of aromatic nitrogens is 1. The lowest BCUT2D eigenvalue weighted by Crippen LogP contribution is -2.24. The first-order valence-electron chi connectivity index (χ1n) is 5.11. The van der Waals surface area contributed by atoms with Gasteiger partial charge in [0.1, 0.15) is 17.8 Å². The van der Waals surface area contributed by atoms with Gasteiger partial charge in [-0.05, 0) is 18.6 Å². The van der Waals surface area contributed by atoms with Crippen LogP contribution in [0.5, 0.6) is 0 Å². The fraction of sp³-hybridized carbons (Fsp3) is 0.167. The van der Waals surface area contributed by atoms with Crippen LogP contribution in [-0.4, -0.2) is 11.1 Å². The van der Waals surface area contributed by atoms with Crippen LogP contribution in [0, 0.1) is 12.7 Å². The number of carbonyl (C=O) groups is 1. The van der Waals surface area contributed by atoms with E-state index >= 15 is 0 Å². The lowest BCUT2D eigenvalue weighted by molar-refractivity contribution is 0.0946. The third-order valence-corrected chi connectivity index (χ3v) is 2.36. The Morgan fingerprint density at radius 1 is 1.47 bits per heavy atom. The molecule has 0 aliphatic heterocycles. The van der Waals surface area contributed by atoms with E-state index in [0.717, 1.165) is 0 Å². The van der Waals surface area contributed by atoms with Crippen LogP contribution in [0.25, 0.3) is 0 Å². The highest BCUT2D eigenvalue weighted by Gasteiger charge is 2.12. The molecule has 0 spiro atoms. The highest BCUT2D eigenvalue weighted by Crippen LogP contribution is 2.11. The molecule has 0 aliphatic rings. The second-order valence-electron chi connectivity index (χ2n) is 3.61. The van der Waals surface area contributed by atoms with Gasteiger partial charge >= 0.3 is 0 Å². The third kappa shape index (κ3) is 2.50. The number of nitrogens with one attached hydrogen (secondary N) is 1. The molecular weight excluding hydrogens is 223 g/mol. The minimum Gasteiger partial charge on any atom is -0.364 e. The van der Waals surface area contributed by atoms with Crippen molar-refractivity contribution in [2.24, 2.45) is 0 Å². The van der Waals surface area contributed by atoms with Gasteiger partial charge in [-0.2, -0.15) is 0 Å². The second-order valence-corrected chi connectivity index (χ2v) is 3.61. The molecule has 1 N–H and O–H groups in total. The van der Waals surface area contributed by atoms with Crippen molar-refractivity contribution in [1.82, 2.24) is 10.5 Å². The Balaban J connectivity index is 2.07. The van der Waals surface area contributed by atoms with Crippen LogP contribution in [0.2, 0.25) is 0 Å². The van der Waals surface area contributed by atoms with Gasteiger partial charge in [-0.1, -0.05) is 17.3 Å². The molecule has 2 rings (SSSR count). The number of nitrogens with zero attached hydrogens (tertiary/aromatic N) is 1. The molecule has 0 saturated carbocycles. The van der Waals surface area contributed by atoms with E-state index in [0.29, 0.717) is 11.3 Å². The van der Waals surface area contributed by atoms with Crippen molar-refractivity contribution < 1.29 is 13.7 Å². The lowest BCUT2D eigenvalue weighted by Gasteiger charge is -2.05. The van der Waals surface area contributed by atoms with Crippen molar-refractivity contribution in [3.8, 4) is 0 Å². The zero-order chi connectivity index (χ0) is 12.3. The second kappa shape index (κ2) is 4.78. The van der Waals surface area contributed by atoms with Crippen LogP contribution in [0.1, 0.15) is 21.6 Å². The summed E-state index contributed by atoms with van der Waals surface area (Å²) in [4.78, 5) is 11.7. The van der Waals surface area contributed by atoms with Crippen LogP contribution < -0.4 is 5.32 Å². The van der Waals surface area contributed by atoms with Crippen LogP contribution >= 0.6 is 0 Å². The van der Waals surface area contributed by atoms with Crippen molar-refractivity contribution in [3.63, 3.8) is 0 Å². The maximum Gasteiger partial charge on any atom is 0.254 e. The van der Waals surface area contributed by atoms with Crippen LogP contribution in [-0.2, 0) is 6.54 Å². The Morgan fingerprint density at radius 3 is 3.00 bits per heavy atom. The molecule has 1 amide bonds. The van der Waals surface area contributed by atoms with Crippen molar-refractivity contribution in [2.45, 2.75) is 13.5 Å². The van der Waals surface area contributed by atoms with Gasteiger partial charge in [0.15, 0.2) is 0 Å². The summed E-state index contributed by atoms with van der Waals surface area (Å²) in [5, 5.41) is 6.21. The van der Waals surface area contributed by atoms with E-state index in [9.17, 15) is 9.18 Å². The molecule has 88 valence electrons. The SMILES string of the molecule is Cc1cccc(C(=O)NCc2ccon2)c1F. The van der Waals surface area contributed by atoms with Gasteiger partial charge in [-0.3, -0.25) is 4.79 Å². The molecule has 0 unspecified atom stereocenters. The van der Waals surface area contributed by atoms with Gasteiger partial charge in [-0.15, -0.1) is 0 Å². The maximum atomic E-state index is 13.6. The number of rotatable bonds is 3. The first-order valence-corrected chi connectivity index (χ1v) is 5.11. The lowest BCUT2D eigenvalue weighted by atomic mass is 10.1. The van der Waals surface area contributed by atoms with E-state index in [-0.39, 0.29) is 12.1 Å². The molecule has 0 fully saturated rings. The van der Waals surface area contributed by atoms with Gasteiger partial charge in [0, 0.05) is 6.07 Å². The Hall–Kier alpha value is -2.17. The predicted octanol–water partition coefficient (Wildman–Crippen LogP) is 2.05. The van der Waals surface area contributed by atoms with E-state index in [2.05, 4.69) is 15.0 Å². The molecule has 5 heteroatoms. The summed E-state index contributed by atoms with van der Waals surface area (Å²) < 4.78 is 18.2. The highest BCUT2D eigenvalue weighted by atomic mass is 19.1. The number of halogens is 1. The summed E-state index contributed by atoms with van der Waals surface area (Å²) in [6, 6.07) is 6.33. The molecule has 4 nitrogen and oxygen atoms in total. The fourth-order valence-corrected chi connectivity index (χ4v) is 1.42. The number of hydrogen-bond acceptors (Lipinski definition) is 3. The first kappa shape index (κ1) is 11.3. The molecule has 1 heterocycles. The number of hydrogen-bond donors (Lipinski definition) is 1. The normalized spacial score (nSPS) is 10.2.